The molecule has 0 heterocycles. The second-order valence-corrected chi connectivity index (χ2v) is 3.18. The Labute approximate surface area is 70.8 Å². The minimum absolute atomic E-state index is 0.295. The fraction of sp³-hybridized carbons (Fsp3) is 0.625. The lowest BCUT2D eigenvalue weighted by Gasteiger charge is -2.22. The fourth-order valence-corrected chi connectivity index (χ4v) is 0.729. The summed E-state index contributed by atoms with van der Waals surface area (Å²) in [7, 11) is 0. The van der Waals surface area contributed by atoms with Gasteiger partial charge in [0.25, 0.3) is 0 Å². The van der Waals surface area contributed by atoms with Gasteiger partial charge in [-0.1, -0.05) is 13.8 Å². The van der Waals surface area contributed by atoms with Crippen LogP contribution in [0.15, 0.2) is 0 Å². The lowest BCUT2D eigenvalue weighted by atomic mass is 9.77. The van der Waals surface area contributed by atoms with Crippen LogP contribution in [-0.2, 0) is 9.59 Å². The molecule has 0 amide bonds. The molecule has 66 valence electrons. The molecule has 1 atom stereocenters. The van der Waals surface area contributed by atoms with Crippen molar-refractivity contribution < 1.29 is 14.7 Å². The molecule has 1 N–H and O–H groups in total. The van der Waals surface area contributed by atoms with E-state index in [-0.39, 0.29) is 5.78 Å². The molecule has 12 heavy (non-hydrogen) atoms. The summed E-state index contributed by atoms with van der Waals surface area (Å²) in [6.07, 6.45) is 0. The second kappa shape index (κ2) is 3.35. The minimum Gasteiger partial charge on any atom is -0.480 e. The van der Waals surface area contributed by atoms with Crippen LogP contribution >= 0.6 is 0 Å². The number of carbonyl (C=O) groups excluding carboxylic acids is 1. The number of aliphatic carboxylic acids is 1. The molecule has 0 aromatic heterocycles. The molecule has 0 saturated heterocycles. The number of hydrogen-bond donors (Lipinski definition) is 1. The van der Waals surface area contributed by atoms with Crippen LogP contribution in [0.4, 0.5) is 0 Å². The average molecular weight is 169 g/mol. The van der Waals surface area contributed by atoms with Gasteiger partial charge in [-0.05, 0) is 6.92 Å². The SMILES string of the molecule is CC(=O)C(C)(C)[C@H](C#N)C(=O)O. The summed E-state index contributed by atoms with van der Waals surface area (Å²) in [5, 5.41) is 17.1. The number of hydrogen-bond acceptors (Lipinski definition) is 3. The molecule has 0 radical (unpaired) electrons. The van der Waals surface area contributed by atoms with Crippen LogP contribution in [0.5, 0.6) is 0 Å². The van der Waals surface area contributed by atoms with Gasteiger partial charge in [-0.25, -0.2) is 0 Å². The van der Waals surface area contributed by atoms with Crippen molar-refractivity contribution in [3.8, 4) is 6.07 Å². The van der Waals surface area contributed by atoms with E-state index < -0.39 is 17.3 Å². The zero-order valence-electron chi connectivity index (χ0n) is 7.29. The van der Waals surface area contributed by atoms with Crippen molar-refractivity contribution in [3.05, 3.63) is 0 Å². The van der Waals surface area contributed by atoms with Gasteiger partial charge in [-0.2, -0.15) is 5.26 Å². The van der Waals surface area contributed by atoms with Crippen molar-refractivity contribution in [1.29, 1.82) is 5.26 Å². The number of rotatable bonds is 3. The Morgan fingerprint density at radius 1 is 1.50 bits per heavy atom. The summed E-state index contributed by atoms with van der Waals surface area (Å²) in [5.74, 6) is -2.82. The molecule has 0 rings (SSSR count). The predicted octanol–water partition coefficient (Wildman–Crippen LogP) is 0.826. The predicted molar refractivity (Wildman–Crippen MR) is 41.2 cm³/mol. The number of ketones is 1. The molecule has 0 aliphatic carbocycles. The molecular weight excluding hydrogens is 158 g/mol. The highest BCUT2D eigenvalue weighted by molar-refractivity contribution is 5.88. The third-order valence-corrected chi connectivity index (χ3v) is 2.01. The number of nitriles is 1. The maximum absolute atomic E-state index is 11.0. The maximum atomic E-state index is 11.0. The van der Waals surface area contributed by atoms with Crippen LogP contribution in [0.3, 0.4) is 0 Å². The summed E-state index contributed by atoms with van der Waals surface area (Å²) in [6, 6.07) is 1.60. The lowest BCUT2D eigenvalue weighted by Crippen LogP contribution is -2.35. The Bertz CT molecular complexity index is 250. The van der Waals surface area contributed by atoms with E-state index in [2.05, 4.69) is 0 Å². The van der Waals surface area contributed by atoms with E-state index >= 15 is 0 Å². The van der Waals surface area contributed by atoms with E-state index in [1.54, 1.807) is 6.07 Å². The highest BCUT2D eigenvalue weighted by Crippen LogP contribution is 2.27. The van der Waals surface area contributed by atoms with E-state index in [9.17, 15) is 9.59 Å². The Hall–Kier alpha value is -1.37. The zero-order chi connectivity index (χ0) is 9.94. The van der Waals surface area contributed by atoms with Crippen molar-refractivity contribution in [1.82, 2.24) is 0 Å². The van der Waals surface area contributed by atoms with Crippen LogP contribution in [0, 0.1) is 22.7 Å². The average Bonchev–Trinajstić information content (AvgIpc) is 1.86. The molecular formula is C8H11NO3. The molecule has 0 aromatic rings. The highest BCUT2D eigenvalue weighted by Gasteiger charge is 2.39. The fourth-order valence-electron chi connectivity index (χ4n) is 0.729. The lowest BCUT2D eigenvalue weighted by molar-refractivity contribution is -0.147. The van der Waals surface area contributed by atoms with E-state index in [1.807, 2.05) is 0 Å². The normalized spacial score (nSPS) is 13.2. The van der Waals surface area contributed by atoms with Crippen molar-refractivity contribution in [2.24, 2.45) is 11.3 Å². The van der Waals surface area contributed by atoms with E-state index in [1.165, 1.54) is 20.8 Å². The highest BCUT2D eigenvalue weighted by atomic mass is 16.4. The third kappa shape index (κ3) is 1.82. The standard InChI is InChI=1S/C8H11NO3/c1-5(10)8(2,3)6(4-9)7(11)12/h6H,1-3H3,(H,11,12)/t6-/m1/s1. The first-order valence-corrected chi connectivity index (χ1v) is 3.47. The van der Waals surface area contributed by atoms with Crippen LogP contribution < -0.4 is 0 Å². The zero-order valence-corrected chi connectivity index (χ0v) is 7.29. The molecule has 0 unspecified atom stereocenters. The van der Waals surface area contributed by atoms with Gasteiger partial charge in [-0.15, -0.1) is 0 Å². The smallest absolute Gasteiger partial charge is 0.321 e. The van der Waals surface area contributed by atoms with E-state index in [0.717, 1.165) is 0 Å². The molecule has 0 fully saturated rings. The molecule has 0 saturated carbocycles. The second-order valence-electron chi connectivity index (χ2n) is 3.18. The Balaban J connectivity index is 4.87. The van der Waals surface area contributed by atoms with Gasteiger partial charge in [-0.3, -0.25) is 9.59 Å². The largest absolute Gasteiger partial charge is 0.480 e. The van der Waals surface area contributed by atoms with Crippen molar-refractivity contribution in [2.75, 3.05) is 0 Å². The van der Waals surface area contributed by atoms with Gasteiger partial charge < -0.3 is 5.11 Å². The van der Waals surface area contributed by atoms with Gasteiger partial charge >= 0.3 is 5.97 Å². The minimum atomic E-state index is -1.27. The topological polar surface area (TPSA) is 78.2 Å². The number of carbonyl (C=O) groups is 2. The van der Waals surface area contributed by atoms with Gasteiger partial charge in [0.05, 0.1) is 6.07 Å². The monoisotopic (exact) mass is 169 g/mol. The van der Waals surface area contributed by atoms with Crippen molar-refractivity contribution >= 4 is 11.8 Å². The molecule has 0 aliphatic rings. The summed E-state index contributed by atoms with van der Waals surface area (Å²) in [5.41, 5.74) is -1.11. The van der Waals surface area contributed by atoms with Crippen LogP contribution in [0.2, 0.25) is 0 Å². The molecule has 0 aromatic carbocycles. The molecule has 0 spiro atoms. The molecule has 4 nitrogen and oxygen atoms in total. The van der Waals surface area contributed by atoms with Crippen molar-refractivity contribution in [2.45, 2.75) is 20.8 Å². The third-order valence-electron chi connectivity index (χ3n) is 2.01. The van der Waals surface area contributed by atoms with Crippen LogP contribution in [-0.4, -0.2) is 16.9 Å². The molecule has 4 heteroatoms. The van der Waals surface area contributed by atoms with Gasteiger partial charge in [0.2, 0.25) is 0 Å². The summed E-state index contributed by atoms with van der Waals surface area (Å²) in [4.78, 5) is 21.5. The number of carboxylic acids is 1. The first kappa shape index (κ1) is 10.6. The van der Waals surface area contributed by atoms with Gasteiger partial charge in [0.1, 0.15) is 5.78 Å². The molecule has 0 aliphatic heterocycles. The Kier molecular flexibility index (Phi) is 2.97. The van der Waals surface area contributed by atoms with Crippen LogP contribution in [0.1, 0.15) is 20.8 Å². The van der Waals surface area contributed by atoms with Crippen molar-refractivity contribution in [3.63, 3.8) is 0 Å². The number of Topliss-reactive ketones (excluding diaryl/α,β-unsaturated/α-hetero) is 1. The maximum Gasteiger partial charge on any atom is 0.321 e. The summed E-state index contributed by atoms with van der Waals surface area (Å²) >= 11 is 0. The Morgan fingerprint density at radius 2 is 1.92 bits per heavy atom. The first-order chi connectivity index (χ1) is 5.34. The van der Waals surface area contributed by atoms with Gasteiger partial charge in [0.15, 0.2) is 5.92 Å². The number of nitrogens with zero attached hydrogens (tertiary/aromatic N) is 1. The van der Waals surface area contributed by atoms with E-state index in [4.69, 9.17) is 10.4 Å². The Morgan fingerprint density at radius 3 is 2.00 bits per heavy atom. The first-order valence-electron chi connectivity index (χ1n) is 3.47. The summed E-state index contributed by atoms with van der Waals surface area (Å²) in [6.45, 7) is 4.20. The van der Waals surface area contributed by atoms with Gasteiger partial charge in [0, 0.05) is 5.41 Å². The number of carboxylic acid groups (broad SMARTS) is 1. The summed E-state index contributed by atoms with van der Waals surface area (Å²) < 4.78 is 0. The molecule has 0 bridgehead atoms. The van der Waals surface area contributed by atoms with Crippen LogP contribution in [0.25, 0.3) is 0 Å². The van der Waals surface area contributed by atoms with E-state index in [0.29, 0.717) is 0 Å². The quantitative estimate of drug-likeness (QED) is 0.678.